The molecule has 0 aliphatic carbocycles. The second-order valence-electron chi connectivity index (χ2n) is 5.66. The van der Waals surface area contributed by atoms with Crippen molar-refractivity contribution in [2.45, 2.75) is 57.4 Å². The van der Waals surface area contributed by atoms with Crippen molar-refractivity contribution >= 4 is 11.6 Å². The number of benzene rings is 1. The van der Waals surface area contributed by atoms with Gasteiger partial charge in [-0.25, -0.2) is 4.39 Å². The van der Waals surface area contributed by atoms with Crippen molar-refractivity contribution in [2.75, 3.05) is 6.54 Å². The van der Waals surface area contributed by atoms with Gasteiger partial charge in [0.15, 0.2) is 0 Å². The fourth-order valence-electron chi connectivity index (χ4n) is 3.19. The van der Waals surface area contributed by atoms with E-state index in [1.54, 1.807) is 6.07 Å². The third-order valence-corrected chi connectivity index (χ3v) is 4.41. The minimum absolute atomic E-state index is 0.0524. The molecule has 0 saturated carbocycles. The fourth-order valence-corrected chi connectivity index (χ4v) is 3.38. The molecule has 1 atom stereocenters. The Kier molecular flexibility index (Phi) is 5.23. The van der Waals surface area contributed by atoms with Crippen LogP contribution in [0.5, 0.6) is 0 Å². The summed E-state index contributed by atoms with van der Waals surface area (Å²) >= 11 is 5.89. The van der Waals surface area contributed by atoms with E-state index in [1.165, 1.54) is 19.3 Å². The Labute approximate surface area is 120 Å². The Morgan fingerprint density at radius 2 is 2.16 bits per heavy atom. The molecule has 19 heavy (non-hydrogen) atoms. The minimum Gasteiger partial charge on any atom is -0.311 e. The molecule has 0 radical (unpaired) electrons. The van der Waals surface area contributed by atoms with Gasteiger partial charge in [-0.2, -0.15) is 0 Å². The van der Waals surface area contributed by atoms with Gasteiger partial charge in [0, 0.05) is 5.54 Å². The normalized spacial score (nSPS) is 24.2. The fraction of sp³-hybridized carbons (Fsp3) is 0.625. The number of nitrogens with one attached hydrogen (secondary N) is 1. The van der Waals surface area contributed by atoms with Gasteiger partial charge in [0.1, 0.15) is 5.82 Å². The van der Waals surface area contributed by atoms with Gasteiger partial charge in [-0.1, -0.05) is 49.9 Å². The van der Waals surface area contributed by atoms with Gasteiger partial charge in [-0.15, -0.1) is 0 Å². The van der Waals surface area contributed by atoms with Crippen LogP contribution in [0.3, 0.4) is 0 Å². The van der Waals surface area contributed by atoms with Crippen LogP contribution >= 0.6 is 11.6 Å². The molecule has 106 valence electrons. The van der Waals surface area contributed by atoms with Gasteiger partial charge in [-0.3, -0.25) is 0 Å². The van der Waals surface area contributed by atoms with Crippen LogP contribution in [0.2, 0.25) is 5.02 Å². The summed E-state index contributed by atoms with van der Waals surface area (Å²) < 4.78 is 14.1. The zero-order valence-electron chi connectivity index (χ0n) is 11.6. The van der Waals surface area contributed by atoms with Gasteiger partial charge >= 0.3 is 0 Å². The molecular formula is C16H23ClFN. The largest absolute Gasteiger partial charge is 0.311 e. The molecule has 2 rings (SSSR count). The molecule has 1 aliphatic rings. The van der Waals surface area contributed by atoms with Crippen molar-refractivity contribution in [2.24, 2.45) is 0 Å². The Morgan fingerprint density at radius 1 is 1.32 bits per heavy atom. The predicted molar refractivity (Wildman–Crippen MR) is 79.2 cm³/mol. The van der Waals surface area contributed by atoms with Crippen LogP contribution < -0.4 is 5.32 Å². The van der Waals surface area contributed by atoms with E-state index in [2.05, 4.69) is 12.2 Å². The SMILES string of the molecule is CCCC1(Cc2cccc(Cl)c2F)CCCCCN1. The van der Waals surface area contributed by atoms with E-state index in [0.717, 1.165) is 37.8 Å². The number of halogens is 2. The smallest absolute Gasteiger partial charge is 0.145 e. The molecule has 1 fully saturated rings. The Morgan fingerprint density at radius 3 is 2.95 bits per heavy atom. The lowest BCUT2D eigenvalue weighted by atomic mass is 9.82. The second-order valence-corrected chi connectivity index (χ2v) is 6.06. The second kappa shape index (κ2) is 6.71. The average Bonchev–Trinajstić information content (AvgIpc) is 2.62. The number of hydrogen-bond donors (Lipinski definition) is 1. The van der Waals surface area contributed by atoms with Gasteiger partial charge in [0.2, 0.25) is 0 Å². The first-order valence-corrected chi connectivity index (χ1v) is 7.72. The highest BCUT2D eigenvalue weighted by molar-refractivity contribution is 6.30. The third kappa shape index (κ3) is 3.70. The topological polar surface area (TPSA) is 12.0 Å². The Balaban J connectivity index is 2.21. The van der Waals surface area contributed by atoms with Crippen LogP contribution in [0.4, 0.5) is 4.39 Å². The first kappa shape index (κ1) is 14.8. The van der Waals surface area contributed by atoms with Crippen LogP contribution in [0.25, 0.3) is 0 Å². The van der Waals surface area contributed by atoms with E-state index >= 15 is 0 Å². The van der Waals surface area contributed by atoms with Crippen molar-refractivity contribution in [1.29, 1.82) is 0 Å². The monoisotopic (exact) mass is 283 g/mol. The molecule has 0 amide bonds. The maximum Gasteiger partial charge on any atom is 0.145 e. The lowest BCUT2D eigenvalue weighted by molar-refractivity contribution is 0.285. The molecule has 3 heteroatoms. The van der Waals surface area contributed by atoms with Crippen LogP contribution in [-0.2, 0) is 6.42 Å². The highest BCUT2D eigenvalue weighted by Crippen LogP contribution is 2.30. The molecule has 1 aromatic rings. The van der Waals surface area contributed by atoms with Crippen molar-refractivity contribution in [1.82, 2.24) is 5.32 Å². The molecule has 1 nitrogen and oxygen atoms in total. The summed E-state index contributed by atoms with van der Waals surface area (Å²) in [6, 6.07) is 5.33. The summed E-state index contributed by atoms with van der Waals surface area (Å²) in [5.41, 5.74) is 0.798. The van der Waals surface area contributed by atoms with Crippen molar-refractivity contribution in [3.05, 3.63) is 34.6 Å². The average molecular weight is 284 g/mol. The summed E-state index contributed by atoms with van der Waals surface area (Å²) in [5, 5.41) is 3.92. The van der Waals surface area contributed by atoms with Crippen LogP contribution in [0.15, 0.2) is 18.2 Å². The molecule has 1 saturated heterocycles. The summed E-state index contributed by atoms with van der Waals surface area (Å²) in [4.78, 5) is 0. The standard InChI is InChI=1S/C16H23ClFN/c1-2-9-16(10-4-3-5-11-19-16)12-13-7-6-8-14(17)15(13)18/h6-8,19H,2-5,9-12H2,1H3. The molecule has 1 N–H and O–H groups in total. The third-order valence-electron chi connectivity index (χ3n) is 4.12. The molecule has 1 heterocycles. The van der Waals surface area contributed by atoms with E-state index in [-0.39, 0.29) is 16.4 Å². The minimum atomic E-state index is -0.245. The van der Waals surface area contributed by atoms with Crippen LogP contribution in [0.1, 0.15) is 51.0 Å². The lowest BCUT2D eigenvalue weighted by Crippen LogP contribution is -2.46. The summed E-state index contributed by atoms with van der Waals surface area (Å²) in [6.45, 7) is 3.24. The van der Waals surface area contributed by atoms with Crippen molar-refractivity contribution in [3.8, 4) is 0 Å². The highest BCUT2D eigenvalue weighted by atomic mass is 35.5. The van der Waals surface area contributed by atoms with E-state index in [0.29, 0.717) is 0 Å². The first-order chi connectivity index (χ1) is 9.17. The number of hydrogen-bond acceptors (Lipinski definition) is 1. The molecular weight excluding hydrogens is 261 g/mol. The van der Waals surface area contributed by atoms with E-state index in [1.807, 2.05) is 12.1 Å². The van der Waals surface area contributed by atoms with Gasteiger partial charge < -0.3 is 5.32 Å². The molecule has 1 aromatic carbocycles. The number of rotatable bonds is 4. The van der Waals surface area contributed by atoms with Gasteiger partial charge in [0.25, 0.3) is 0 Å². The Bertz CT molecular complexity index is 411. The zero-order valence-corrected chi connectivity index (χ0v) is 12.4. The Hall–Kier alpha value is -0.600. The summed E-state index contributed by atoms with van der Waals surface area (Å²) in [5.74, 6) is -0.245. The van der Waals surface area contributed by atoms with Gasteiger partial charge in [0.05, 0.1) is 5.02 Å². The van der Waals surface area contributed by atoms with Crippen molar-refractivity contribution < 1.29 is 4.39 Å². The maximum absolute atomic E-state index is 14.1. The quantitative estimate of drug-likeness (QED) is 0.843. The molecule has 0 aromatic heterocycles. The van der Waals surface area contributed by atoms with Crippen LogP contribution in [0, 0.1) is 5.82 Å². The molecule has 1 unspecified atom stereocenters. The van der Waals surface area contributed by atoms with E-state index < -0.39 is 0 Å². The van der Waals surface area contributed by atoms with E-state index in [4.69, 9.17) is 11.6 Å². The first-order valence-electron chi connectivity index (χ1n) is 7.35. The zero-order chi connectivity index (χ0) is 13.7. The lowest BCUT2D eigenvalue weighted by Gasteiger charge is -2.34. The summed E-state index contributed by atoms with van der Waals surface area (Å²) in [6.07, 6.45) is 7.82. The summed E-state index contributed by atoms with van der Waals surface area (Å²) in [7, 11) is 0. The predicted octanol–water partition coefficient (Wildman–Crippen LogP) is 4.72. The van der Waals surface area contributed by atoms with Gasteiger partial charge in [-0.05, 0) is 43.9 Å². The molecule has 0 spiro atoms. The van der Waals surface area contributed by atoms with E-state index in [9.17, 15) is 4.39 Å². The van der Waals surface area contributed by atoms with Crippen LogP contribution in [-0.4, -0.2) is 12.1 Å². The highest BCUT2D eigenvalue weighted by Gasteiger charge is 2.30. The molecule has 0 bridgehead atoms. The molecule has 1 aliphatic heterocycles. The maximum atomic E-state index is 14.1. The van der Waals surface area contributed by atoms with Crippen molar-refractivity contribution in [3.63, 3.8) is 0 Å².